The minimum Gasteiger partial charge on any atom is -0.0629 e. The lowest BCUT2D eigenvalue weighted by molar-refractivity contribution is 0.884. The van der Waals surface area contributed by atoms with E-state index in [1.54, 1.807) is 21.5 Å². The Hall–Kier alpha value is -2.64. The smallest absolute Gasteiger partial charge is 0.0629 e. The van der Waals surface area contributed by atoms with Gasteiger partial charge in [-0.15, -0.1) is 0 Å². The highest BCUT2D eigenvalue weighted by atomic mass is 28.3. The molecule has 0 radical (unpaired) electrons. The molecule has 0 saturated heterocycles. The van der Waals surface area contributed by atoms with Crippen LogP contribution in [0, 0.1) is 33.6 Å². The van der Waals surface area contributed by atoms with Crippen LogP contribution < -0.4 is 10.4 Å². The monoisotopic (exact) mass is 436 g/mol. The zero-order valence-corrected chi connectivity index (χ0v) is 21.9. The third kappa shape index (κ3) is 4.19. The van der Waals surface area contributed by atoms with Crippen molar-refractivity contribution in [1.29, 1.82) is 0 Å². The Balaban J connectivity index is 1.87. The predicted octanol–water partition coefficient (Wildman–Crippen LogP) is 6.70. The quantitative estimate of drug-likeness (QED) is 0.390. The SMILES string of the molecule is CC1=C(C)C(C[SiH](c2cc(C)ccc2C)c2cc(C)ccc2C)C(c2ccccc2)=C1C. The fourth-order valence-electron chi connectivity index (χ4n) is 5.49. The van der Waals surface area contributed by atoms with Gasteiger partial charge < -0.3 is 0 Å². The average Bonchev–Trinajstić information content (AvgIpc) is 2.99. The maximum Gasteiger partial charge on any atom is 0.104 e. The highest BCUT2D eigenvalue weighted by molar-refractivity contribution is 6.86. The van der Waals surface area contributed by atoms with E-state index in [-0.39, 0.29) is 0 Å². The van der Waals surface area contributed by atoms with Crippen molar-refractivity contribution in [2.75, 3.05) is 0 Å². The molecule has 0 nitrogen and oxygen atoms in total. The maximum atomic E-state index is 2.48. The number of hydrogen-bond donors (Lipinski definition) is 0. The molecular formula is C31H36Si. The molecule has 1 heteroatoms. The van der Waals surface area contributed by atoms with E-state index < -0.39 is 8.80 Å². The molecular weight excluding hydrogens is 400 g/mol. The summed E-state index contributed by atoms with van der Waals surface area (Å²) < 4.78 is 0. The molecule has 1 unspecified atom stereocenters. The second-order valence-corrected chi connectivity index (χ2v) is 12.6. The van der Waals surface area contributed by atoms with Gasteiger partial charge in [-0.3, -0.25) is 0 Å². The second kappa shape index (κ2) is 9.08. The second-order valence-electron chi connectivity index (χ2n) is 9.77. The van der Waals surface area contributed by atoms with Gasteiger partial charge in [0.1, 0.15) is 8.80 Å². The van der Waals surface area contributed by atoms with E-state index in [1.807, 2.05) is 0 Å². The summed E-state index contributed by atoms with van der Waals surface area (Å²) in [6.45, 7) is 16.1. The van der Waals surface area contributed by atoms with Gasteiger partial charge in [0.25, 0.3) is 0 Å². The van der Waals surface area contributed by atoms with Crippen LogP contribution in [0.4, 0.5) is 0 Å². The van der Waals surface area contributed by atoms with Crippen molar-refractivity contribution in [3.8, 4) is 0 Å². The van der Waals surface area contributed by atoms with Crippen LogP contribution in [-0.2, 0) is 0 Å². The number of rotatable bonds is 5. The number of allylic oxidation sites excluding steroid dienone is 4. The van der Waals surface area contributed by atoms with Crippen LogP contribution in [0.5, 0.6) is 0 Å². The van der Waals surface area contributed by atoms with Crippen molar-refractivity contribution in [3.05, 3.63) is 111 Å². The van der Waals surface area contributed by atoms with Gasteiger partial charge in [0.15, 0.2) is 0 Å². The number of benzene rings is 3. The molecule has 164 valence electrons. The number of aryl methyl sites for hydroxylation is 4. The minimum absolute atomic E-state index is 0.494. The minimum atomic E-state index is -1.46. The van der Waals surface area contributed by atoms with Crippen molar-refractivity contribution < 1.29 is 0 Å². The third-order valence-corrected chi connectivity index (χ3v) is 11.3. The molecule has 3 aromatic carbocycles. The van der Waals surface area contributed by atoms with Gasteiger partial charge in [0.2, 0.25) is 0 Å². The molecule has 3 aromatic rings. The van der Waals surface area contributed by atoms with Crippen molar-refractivity contribution in [2.24, 2.45) is 5.92 Å². The predicted molar refractivity (Wildman–Crippen MR) is 144 cm³/mol. The van der Waals surface area contributed by atoms with Crippen LogP contribution in [0.25, 0.3) is 5.57 Å². The summed E-state index contributed by atoms with van der Waals surface area (Å²) in [5, 5.41) is 3.22. The zero-order valence-electron chi connectivity index (χ0n) is 20.7. The lowest BCUT2D eigenvalue weighted by atomic mass is 9.91. The molecule has 0 aliphatic heterocycles. The van der Waals surface area contributed by atoms with Crippen LogP contribution in [0.15, 0.2) is 83.4 Å². The fourth-order valence-corrected chi connectivity index (χ4v) is 9.62. The molecule has 0 aromatic heterocycles. The van der Waals surface area contributed by atoms with Crippen LogP contribution >= 0.6 is 0 Å². The van der Waals surface area contributed by atoms with Gasteiger partial charge in [-0.25, -0.2) is 0 Å². The Morgan fingerprint density at radius 2 is 1.16 bits per heavy atom. The van der Waals surface area contributed by atoms with E-state index in [2.05, 4.69) is 115 Å². The Kier molecular flexibility index (Phi) is 6.39. The van der Waals surface area contributed by atoms with Crippen LogP contribution in [-0.4, -0.2) is 8.80 Å². The van der Waals surface area contributed by atoms with E-state index in [0.29, 0.717) is 5.92 Å². The molecule has 0 N–H and O–H groups in total. The summed E-state index contributed by atoms with van der Waals surface area (Å²) >= 11 is 0. The Labute approximate surface area is 196 Å². The van der Waals surface area contributed by atoms with Gasteiger partial charge in [-0.2, -0.15) is 0 Å². The first-order valence-electron chi connectivity index (χ1n) is 11.9. The van der Waals surface area contributed by atoms with Crippen LogP contribution in [0.2, 0.25) is 6.04 Å². The van der Waals surface area contributed by atoms with E-state index in [0.717, 1.165) is 0 Å². The summed E-state index contributed by atoms with van der Waals surface area (Å²) in [7, 11) is -1.46. The molecule has 1 atom stereocenters. The van der Waals surface area contributed by atoms with E-state index >= 15 is 0 Å². The van der Waals surface area contributed by atoms with Gasteiger partial charge in [0.05, 0.1) is 0 Å². The number of hydrogen-bond acceptors (Lipinski definition) is 0. The van der Waals surface area contributed by atoms with Crippen LogP contribution in [0.3, 0.4) is 0 Å². The molecule has 0 spiro atoms. The van der Waals surface area contributed by atoms with Gasteiger partial charge >= 0.3 is 0 Å². The largest absolute Gasteiger partial charge is 0.104 e. The lowest BCUT2D eigenvalue weighted by Crippen LogP contribution is -2.46. The van der Waals surface area contributed by atoms with Crippen molar-refractivity contribution >= 4 is 24.7 Å². The summed E-state index contributed by atoms with van der Waals surface area (Å²) in [5.41, 5.74) is 13.1. The molecule has 1 aliphatic carbocycles. The highest BCUT2D eigenvalue weighted by Crippen LogP contribution is 2.45. The third-order valence-electron chi connectivity index (χ3n) is 7.61. The van der Waals surface area contributed by atoms with Crippen LogP contribution in [0.1, 0.15) is 48.6 Å². The molecule has 0 fully saturated rings. The summed E-state index contributed by atoms with van der Waals surface area (Å²) in [6, 6.07) is 26.5. The van der Waals surface area contributed by atoms with Crippen molar-refractivity contribution in [1.82, 2.24) is 0 Å². The van der Waals surface area contributed by atoms with Crippen molar-refractivity contribution in [2.45, 2.75) is 54.5 Å². The first-order valence-corrected chi connectivity index (χ1v) is 13.8. The molecule has 0 saturated carbocycles. The van der Waals surface area contributed by atoms with Crippen molar-refractivity contribution in [3.63, 3.8) is 0 Å². The first-order chi connectivity index (χ1) is 15.3. The molecule has 0 amide bonds. The fraction of sp³-hybridized carbons (Fsp3) is 0.290. The Morgan fingerprint density at radius 3 is 1.69 bits per heavy atom. The zero-order chi connectivity index (χ0) is 23.0. The molecule has 0 bridgehead atoms. The van der Waals surface area contributed by atoms with Gasteiger partial charge in [0, 0.05) is 5.92 Å². The molecule has 1 aliphatic rings. The van der Waals surface area contributed by atoms with Gasteiger partial charge in [-0.1, -0.05) is 105 Å². The normalized spacial score (nSPS) is 16.4. The molecule has 4 rings (SSSR count). The van der Waals surface area contributed by atoms with E-state index in [4.69, 9.17) is 0 Å². The topological polar surface area (TPSA) is 0 Å². The standard InChI is InChI=1S/C31H36Si/c1-20-13-15-22(3)29(17-20)32(30-18-21(2)14-16-23(30)4)19-28-25(6)24(5)26(7)31(28)27-11-9-8-10-12-27/h8-18,28,32H,19H2,1-7H3. The summed E-state index contributed by atoms with van der Waals surface area (Å²) in [5.74, 6) is 0.494. The molecule has 0 heterocycles. The molecule has 32 heavy (non-hydrogen) atoms. The Morgan fingerprint density at radius 1 is 0.625 bits per heavy atom. The Bertz CT molecular complexity index is 1160. The lowest BCUT2D eigenvalue weighted by Gasteiger charge is -2.27. The summed E-state index contributed by atoms with van der Waals surface area (Å²) in [6.07, 6.45) is 0. The van der Waals surface area contributed by atoms with E-state index in [1.165, 1.54) is 45.0 Å². The average molecular weight is 437 g/mol. The van der Waals surface area contributed by atoms with Gasteiger partial charge in [-0.05, 0) is 76.8 Å². The maximum absolute atomic E-state index is 2.48. The first kappa shape index (κ1) is 22.5. The van der Waals surface area contributed by atoms with E-state index in [9.17, 15) is 0 Å². The summed E-state index contributed by atoms with van der Waals surface area (Å²) in [4.78, 5) is 0. The highest BCUT2D eigenvalue weighted by Gasteiger charge is 2.33.